The number of aryl methyl sites for hydroxylation is 1. The summed E-state index contributed by atoms with van der Waals surface area (Å²) >= 11 is 1.46. The Morgan fingerprint density at radius 3 is 2.83 bits per heavy atom. The molecule has 30 heavy (non-hydrogen) atoms. The summed E-state index contributed by atoms with van der Waals surface area (Å²) < 4.78 is 0. The van der Waals surface area contributed by atoms with Gasteiger partial charge in [0.05, 0.1) is 5.69 Å². The van der Waals surface area contributed by atoms with Gasteiger partial charge in [0.15, 0.2) is 0 Å². The van der Waals surface area contributed by atoms with E-state index in [2.05, 4.69) is 27.7 Å². The molecule has 2 aliphatic rings. The summed E-state index contributed by atoms with van der Waals surface area (Å²) in [5.74, 6) is 0.830. The Labute approximate surface area is 180 Å². The van der Waals surface area contributed by atoms with E-state index in [1.807, 2.05) is 47.5 Å². The van der Waals surface area contributed by atoms with Gasteiger partial charge in [-0.2, -0.15) is 5.10 Å². The number of carbonyl (C=O) groups excluding carboxylic acids is 2. The Bertz CT molecular complexity index is 953. The highest BCUT2D eigenvalue weighted by Gasteiger charge is 2.43. The molecule has 0 saturated heterocycles. The van der Waals surface area contributed by atoms with Crippen LogP contribution >= 0.6 is 11.3 Å². The molecule has 0 fully saturated rings. The fraction of sp³-hybridized carbons (Fsp3) is 0.409. The molecule has 8 heteroatoms. The van der Waals surface area contributed by atoms with Crippen molar-refractivity contribution >= 4 is 34.7 Å². The van der Waals surface area contributed by atoms with E-state index in [0.29, 0.717) is 25.9 Å². The first-order valence-electron chi connectivity index (χ1n) is 10.4. The third kappa shape index (κ3) is 4.05. The van der Waals surface area contributed by atoms with Crippen LogP contribution in [0.1, 0.15) is 53.4 Å². The second-order valence-electron chi connectivity index (χ2n) is 7.65. The number of hydrogen-bond acceptors (Lipinski definition) is 6. The van der Waals surface area contributed by atoms with Crippen molar-refractivity contribution in [3.8, 4) is 0 Å². The third-order valence-corrected chi connectivity index (χ3v) is 6.32. The predicted molar refractivity (Wildman–Crippen MR) is 119 cm³/mol. The van der Waals surface area contributed by atoms with Gasteiger partial charge in [0.25, 0.3) is 5.91 Å². The summed E-state index contributed by atoms with van der Waals surface area (Å²) in [5, 5.41) is 9.39. The summed E-state index contributed by atoms with van der Waals surface area (Å²) in [6.07, 6.45) is 2.50. The largest absolute Gasteiger partial charge is 0.352 e. The minimum atomic E-state index is -0.309. The van der Waals surface area contributed by atoms with Crippen molar-refractivity contribution in [2.24, 2.45) is 5.10 Å². The fourth-order valence-corrected chi connectivity index (χ4v) is 4.55. The lowest BCUT2D eigenvalue weighted by Gasteiger charge is -2.39. The van der Waals surface area contributed by atoms with Gasteiger partial charge in [-0.25, -0.2) is 0 Å². The van der Waals surface area contributed by atoms with Gasteiger partial charge in [0.2, 0.25) is 12.2 Å². The highest BCUT2D eigenvalue weighted by atomic mass is 32.1. The maximum atomic E-state index is 12.9. The van der Waals surface area contributed by atoms with Gasteiger partial charge in [-0.3, -0.25) is 24.8 Å². The Kier molecular flexibility index (Phi) is 6.03. The highest BCUT2D eigenvalue weighted by Crippen LogP contribution is 2.36. The number of amides is 2. The van der Waals surface area contributed by atoms with Crippen LogP contribution < -0.4 is 15.6 Å². The van der Waals surface area contributed by atoms with Crippen LogP contribution in [0.2, 0.25) is 0 Å². The highest BCUT2D eigenvalue weighted by molar-refractivity contribution is 7.12. The maximum Gasteiger partial charge on any atom is 0.269 e. The summed E-state index contributed by atoms with van der Waals surface area (Å²) in [7, 11) is 0. The average Bonchev–Trinajstić information content (AvgIpc) is 3.39. The lowest BCUT2D eigenvalue weighted by Crippen LogP contribution is -2.58. The van der Waals surface area contributed by atoms with Crippen LogP contribution in [0.15, 0.2) is 40.8 Å². The molecule has 3 heterocycles. The first-order chi connectivity index (χ1) is 14.6. The molecule has 0 spiro atoms. The van der Waals surface area contributed by atoms with Crippen LogP contribution in [-0.2, 0) is 11.3 Å². The van der Waals surface area contributed by atoms with E-state index >= 15 is 0 Å². The second kappa shape index (κ2) is 8.87. The number of unbranched alkanes of at least 4 members (excludes halogenated alkanes) is 1. The average molecular weight is 426 g/mol. The summed E-state index contributed by atoms with van der Waals surface area (Å²) in [5.41, 5.74) is 6.27. The van der Waals surface area contributed by atoms with E-state index in [1.54, 1.807) is 0 Å². The van der Waals surface area contributed by atoms with Crippen molar-refractivity contribution in [1.82, 2.24) is 15.6 Å². The fourth-order valence-electron chi connectivity index (χ4n) is 3.71. The molecule has 1 aromatic carbocycles. The summed E-state index contributed by atoms with van der Waals surface area (Å²) in [6, 6.07) is 10.1. The smallest absolute Gasteiger partial charge is 0.269 e. The zero-order valence-electron chi connectivity index (χ0n) is 17.4. The van der Waals surface area contributed by atoms with Gasteiger partial charge in [0, 0.05) is 25.9 Å². The van der Waals surface area contributed by atoms with E-state index in [1.165, 1.54) is 16.9 Å². The van der Waals surface area contributed by atoms with E-state index in [9.17, 15) is 9.59 Å². The molecule has 2 aliphatic heterocycles. The van der Waals surface area contributed by atoms with E-state index in [-0.39, 0.29) is 18.1 Å². The SMILES string of the molecule is CCCCN1C(=O)c2sccc2N2C(CCC(=O)NCc3ccc(C)cc3)=NNC12. The molecular weight excluding hydrogens is 398 g/mol. The molecular formula is C22H27N5O2S. The number of fused-ring (bicyclic) bond motifs is 3. The molecule has 0 radical (unpaired) electrons. The van der Waals surface area contributed by atoms with E-state index < -0.39 is 0 Å². The van der Waals surface area contributed by atoms with E-state index in [0.717, 1.165) is 34.8 Å². The van der Waals surface area contributed by atoms with Gasteiger partial charge < -0.3 is 5.32 Å². The molecule has 1 unspecified atom stereocenters. The van der Waals surface area contributed by atoms with Crippen LogP contribution in [0.3, 0.4) is 0 Å². The first-order valence-corrected chi connectivity index (χ1v) is 11.3. The quantitative estimate of drug-likeness (QED) is 0.679. The third-order valence-electron chi connectivity index (χ3n) is 5.42. The minimum Gasteiger partial charge on any atom is -0.352 e. The van der Waals surface area contributed by atoms with Crippen molar-refractivity contribution in [2.45, 2.75) is 52.4 Å². The Morgan fingerprint density at radius 1 is 1.27 bits per heavy atom. The van der Waals surface area contributed by atoms with E-state index in [4.69, 9.17) is 0 Å². The molecule has 0 saturated carbocycles. The standard InChI is InChI=1S/C22H27N5O2S/c1-3-4-12-26-21(29)20-17(11-13-30-20)27-18(24-25-22(26)27)9-10-19(28)23-14-16-7-5-15(2)6-8-16/h5-8,11,13,22,25H,3-4,9-10,12,14H2,1-2H3,(H,23,28). The first kappa shape index (κ1) is 20.4. The molecule has 1 atom stereocenters. The van der Waals surface area contributed by atoms with Crippen molar-refractivity contribution in [1.29, 1.82) is 0 Å². The van der Waals surface area contributed by atoms with Crippen LogP contribution in [0.25, 0.3) is 0 Å². The lowest BCUT2D eigenvalue weighted by atomic mass is 10.1. The number of benzene rings is 1. The molecule has 0 aliphatic carbocycles. The molecule has 0 bridgehead atoms. The normalized spacial score (nSPS) is 17.3. The van der Waals surface area contributed by atoms with Gasteiger partial charge in [-0.1, -0.05) is 43.2 Å². The summed E-state index contributed by atoms with van der Waals surface area (Å²) in [6.45, 7) is 5.36. The van der Waals surface area contributed by atoms with Gasteiger partial charge >= 0.3 is 0 Å². The number of rotatable bonds is 8. The monoisotopic (exact) mass is 425 g/mol. The van der Waals surface area contributed by atoms with Crippen LogP contribution in [0, 0.1) is 6.92 Å². The number of nitrogens with one attached hydrogen (secondary N) is 2. The molecule has 2 aromatic rings. The lowest BCUT2D eigenvalue weighted by molar-refractivity contribution is -0.121. The number of hydrogen-bond donors (Lipinski definition) is 2. The van der Waals surface area contributed by atoms with Crippen molar-refractivity contribution in [3.63, 3.8) is 0 Å². The Hall–Kier alpha value is -2.87. The predicted octanol–water partition coefficient (Wildman–Crippen LogP) is 3.42. The topological polar surface area (TPSA) is 77.0 Å². The summed E-state index contributed by atoms with van der Waals surface area (Å²) in [4.78, 5) is 29.9. The molecule has 2 amide bonds. The molecule has 4 rings (SSSR count). The van der Waals surface area contributed by atoms with Gasteiger partial charge in [0.1, 0.15) is 10.7 Å². The zero-order chi connectivity index (χ0) is 21.1. The molecule has 1 aromatic heterocycles. The van der Waals surface area contributed by atoms with Crippen molar-refractivity contribution in [2.75, 3.05) is 11.4 Å². The number of thiophene rings is 1. The number of hydrazone groups is 1. The van der Waals surface area contributed by atoms with Crippen molar-refractivity contribution in [3.05, 3.63) is 51.7 Å². The molecule has 158 valence electrons. The van der Waals surface area contributed by atoms with Crippen LogP contribution in [0.4, 0.5) is 5.69 Å². The number of amidine groups is 1. The molecule has 7 nitrogen and oxygen atoms in total. The van der Waals surface area contributed by atoms with Crippen LogP contribution in [-0.4, -0.2) is 35.4 Å². The number of anilines is 1. The number of nitrogens with zero attached hydrogens (tertiary/aromatic N) is 3. The van der Waals surface area contributed by atoms with Crippen LogP contribution in [0.5, 0.6) is 0 Å². The van der Waals surface area contributed by atoms with Crippen molar-refractivity contribution < 1.29 is 9.59 Å². The maximum absolute atomic E-state index is 12.9. The minimum absolute atomic E-state index is 0.0109. The van der Waals surface area contributed by atoms with Gasteiger partial charge in [-0.15, -0.1) is 11.3 Å². The Balaban J connectivity index is 1.38. The zero-order valence-corrected chi connectivity index (χ0v) is 18.2. The number of carbonyl (C=O) groups is 2. The molecule has 2 N–H and O–H groups in total. The second-order valence-corrected chi connectivity index (χ2v) is 8.57. The Morgan fingerprint density at radius 2 is 2.07 bits per heavy atom. The van der Waals surface area contributed by atoms with Gasteiger partial charge in [-0.05, 0) is 30.4 Å².